The maximum absolute atomic E-state index is 6.19. The van der Waals surface area contributed by atoms with Crippen LogP contribution in [0.3, 0.4) is 0 Å². The Hall–Kier alpha value is -3.52. The zero-order valence-corrected chi connectivity index (χ0v) is 40.1. The minimum absolute atomic E-state index is 0.399. The predicted octanol–water partition coefficient (Wildman–Crippen LogP) is 18.5. The molecule has 0 aliphatic heterocycles. The summed E-state index contributed by atoms with van der Waals surface area (Å²) < 4.78 is 0. The van der Waals surface area contributed by atoms with Crippen molar-refractivity contribution in [2.24, 2.45) is 11.8 Å². The van der Waals surface area contributed by atoms with Crippen LogP contribution in [0.2, 0.25) is 0 Å². The molecule has 0 radical (unpaired) electrons. The fourth-order valence-corrected chi connectivity index (χ4v) is 11.0. The molecule has 4 aromatic carbocycles. The fraction of sp³-hybridized carbons (Fsp3) is 0.600. The summed E-state index contributed by atoms with van der Waals surface area (Å²) in [5.74, 6) is 2.96. The van der Waals surface area contributed by atoms with Crippen LogP contribution >= 0.6 is 0 Å². The first kappa shape index (κ1) is 49.5. The molecular weight excluding hydrogens is 749 g/mol. The highest BCUT2D eigenvalue weighted by Gasteiger charge is 2.26. The first-order valence-electron chi connectivity index (χ1n) is 26.4. The monoisotopic (exact) mass is 839 g/mol. The van der Waals surface area contributed by atoms with E-state index in [1.807, 2.05) is 0 Å². The molecule has 3 atom stereocenters. The molecule has 4 aromatic rings. The average Bonchev–Trinajstić information content (AvgIpc) is 3.31. The molecule has 4 N–H and O–H groups in total. The highest BCUT2D eigenvalue weighted by atomic mass is 14.5. The van der Waals surface area contributed by atoms with Crippen LogP contribution in [0, 0.1) is 11.8 Å². The summed E-state index contributed by atoms with van der Waals surface area (Å²) >= 11 is 0. The van der Waals surface area contributed by atoms with Crippen molar-refractivity contribution in [1.29, 1.82) is 0 Å². The predicted molar refractivity (Wildman–Crippen MR) is 273 cm³/mol. The van der Waals surface area contributed by atoms with E-state index in [-0.39, 0.29) is 0 Å². The van der Waals surface area contributed by atoms with Crippen LogP contribution in [0.1, 0.15) is 252 Å². The first-order valence-corrected chi connectivity index (χ1v) is 26.4. The smallest absolute Gasteiger partial charge is 0.0314 e. The lowest BCUT2D eigenvalue weighted by Gasteiger charge is -2.32. The van der Waals surface area contributed by atoms with Gasteiger partial charge in [0, 0.05) is 29.1 Å². The minimum atomic E-state index is 0.399. The summed E-state index contributed by atoms with van der Waals surface area (Å²) in [6.07, 6.45) is 37.9. The molecule has 0 bridgehead atoms. The second kappa shape index (κ2) is 29.0. The van der Waals surface area contributed by atoms with Crippen molar-refractivity contribution in [3.63, 3.8) is 0 Å². The van der Waals surface area contributed by atoms with Crippen molar-refractivity contribution < 1.29 is 0 Å². The van der Waals surface area contributed by atoms with Crippen molar-refractivity contribution in [2.45, 2.75) is 218 Å². The van der Waals surface area contributed by atoms with E-state index in [0.29, 0.717) is 17.8 Å². The lowest BCUT2D eigenvalue weighted by atomic mass is 9.73. The third kappa shape index (κ3) is 16.9. The van der Waals surface area contributed by atoms with Crippen LogP contribution in [0.15, 0.2) is 97.1 Å². The summed E-state index contributed by atoms with van der Waals surface area (Å²) in [6, 6.07) is 37.5. The van der Waals surface area contributed by atoms with Gasteiger partial charge in [-0.05, 0) is 95.2 Å². The molecule has 3 unspecified atom stereocenters. The number of nitrogen functional groups attached to an aromatic ring is 2. The van der Waals surface area contributed by atoms with E-state index in [2.05, 4.69) is 118 Å². The summed E-state index contributed by atoms with van der Waals surface area (Å²) in [4.78, 5) is 0. The van der Waals surface area contributed by atoms with Crippen molar-refractivity contribution in [2.75, 3.05) is 11.5 Å². The Morgan fingerprint density at radius 3 is 0.984 bits per heavy atom. The summed E-state index contributed by atoms with van der Waals surface area (Å²) in [5.41, 5.74) is 22.7. The molecule has 0 spiro atoms. The number of benzene rings is 4. The van der Waals surface area contributed by atoms with Crippen LogP contribution in [0.4, 0.5) is 11.4 Å². The van der Waals surface area contributed by atoms with Gasteiger partial charge in [0.25, 0.3) is 0 Å². The Morgan fingerprint density at radius 1 is 0.339 bits per heavy atom. The highest BCUT2D eigenvalue weighted by Crippen LogP contribution is 2.41. The van der Waals surface area contributed by atoms with Gasteiger partial charge in [-0.15, -0.1) is 0 Å². The Morgan fingerprint density at radius 2 is 0.629 bits per heavy atom. The molecule has 0 heterocycles. The van der Waals surface area contributed by atoms with E-state index in [9.17, 15) is 0 Å². The average molecular weight is 839 g/mol. The van der Waals surface area contributed by atoms with Crippen LogP contribution in [-0.2, 0) is 0 Å². The largest absolute Gasteiger partial charge is 0.399 e. The molecule has 340 valence electrons. The molecule has 0 aromatic heterocycles. The normalized spacial score (nSPS) is 15.3. The molecule has 1 aliphatic carbocycles. The van der Waals surface area contributed by atoms with Crippen LogP contribution in [-0.4, -0.2) is 0 Å². The van der Waals surface area contributed by atoms with Gasteiger partial charge in [-0.2, -0.15) is 0 Å². The third-order valence-electron chi connectivity index (χ3n) is 14.9. The highest BCUT2D eigenvalue weighted by molar-refractivity contribution is 5.45. The van der Waals surface area contributed by atoms with Crippen molar-refractivity contribution in [1.82, 2.24) is 0 Å². The van der Waals surface area contributed by atoms with Gasteiger partial charge in [-0.25, -0.2) is 0 Å². The quantitative estimate of drug-likeness (QED) is 0.0392. The number of unbranched alkanes of at least 4 members (excludes halogenated alkanes) is 15. The summed E-state index contributed by atoms with van der Waals surface area (Å²) in [5, 5.41) is 0. The lowest BCUT2D eigenvalue weighted by molar-refractivity contribution is 0.214. The zero-order chi connectivity index (χ0) is 43.6. The third-order valence-corrected chi connectivity index (χ3v) is 14.9. The number of anilines is 2. The van der Waals surface area contributed by atoms with E-state index in [1.165, 1.54) is 213 Å². The Balaban J connectivity index is 1.41. The van der Waals surface area contributed by atoms with Crippen LogP contribution in [0.5, 0.6) is 0 Å². The Bertz CT molecular complexity index is 1590. The molecule has 2 heteroatoms. The van der Waals surface area contributed by atoms with Gasteiger partial charge in [-0.3, -0.25) is 0 Å². The lowest BCUT2D eigenvalue weighted by Crippen LogP contribution is -2.19. The second-order valence-corrected chi connectivity index (χ2v) is 19.7. The van der Waals surface area contributed by atoms with Crippen molar-refractivity contribution in [3.8, 4) is 0 Å². The van der Waals surface area contributed by atoms with E-state index < -0.39 is 0 Å². The van der Waals surface area contributed by atoms with Gasteiger partial charge in [0.1, 0.15) is 0 Å². The van der Waals surface area contributed by atoms with Gasteiger partial charge in [0.2, 0.25) is 0 Å². The van der Waals surface area contributed by atoms with Gasteiger partial charge in [-0.1, -0.05) is 248 Å². The molecule has 2 nitrogen and oxygen atoms in total. The molecular formula is C60H90N2. The minimum Gasteiger partial charge on any atom is -0.399 e. The van der Waals surface area contributed by atoms with E-state index >= 15 is 0 Å². The van der Waals surface area contributed by atoms with Gasteiger partial charge in [0.05, 0.1) is 0 Å². The maximum Gasteiger partial charge on any atom is 0.0314 e. The Kier molecular flexibility index (Phi) is 23.2. The fourth-order valence-electron chi connectivity index (χ4n) is 11.0. The van der Waals surface area contributed by atoms with Crippen molar-refractivity contribution >= 4 is 11.4 Å². The molecule has 1 aliphatic rings. The van der Waals surface area contributed by atoms with Crippen LogP contribution in [0.25, 0.3) is 0 Å². The molecule has 62 heavy (non-hydrogen) atoms. The zero-order valence-electron chi connectivity index (χ0n) is 40.1. The summed E-state index contributed by atoms with van der Waals surface area (Å²) in [7, 11) is 0. The van der Waals surface area contributed by atoms with Gasteiger partial charge < -0.3 is 11.5 Å². The van der Waals surface area contributed by atoms with Crippen molar-refractivity contribution in [3.05, 3.63) is 130 Å². The number of nitrogens with two attached hydrogens (primary N) is 2. The number of hydrogen-bond donors (Lipinski definition) is 2. The van der Waals surface area contributed by atoms with E-state index in [0.717, 1.165) is 23.2 Å². The molecule has 0 amide bonds. The number of rotatable bonds is 31. The Labute approximate surface area is 381 Å². The van der Waals surface area contributed by atoms with E-state index in [4.69, 9.17) is 11.5 Å². The molecule has 0 saturated heterocycles. The molecule has 1 saturated carbocycles. The van der Waals surface area contributed by atoms with Crippen LogP contribution < -0.4 is 11.5 Å². The SMILES string of the molecule is CCCCCCCCC(c1ccc(N)cc1)c1ccc(C(CCC(CCCCCCCC)C2CCCCC2)c2ccc(C(CCCCCCCC)c3ccc(N)cc3)cc2)cc1. The summed E-state index contributed by atoms with van der Waals surface area (Å²) in [6.45, 7) is 6.95. The molecule has 5 rings (SSSR count). The van der Waals surface area contributed by atoms with E-state index in [1.54, 1.807) is 0 Å². The topological polar surface area (TPSA) is 52.0 Å². The second-order valence-electron chi connectivity index (χ2n) is 19.7. The van der Waals surface area contributed by atoms with Gasteiger partial charge >= 0.3 is 0 Å². The standard InChI is InChI=1S/C60H90N2/c1-4-7-10-13-16-20-27-49(48-25-21-19-22-26-48)42-47-60(52-34-30-50(31-35-52)58(28-23-17-14-11-8-5-2)54-38-43-56(61)44-39-54)53-36-32-51(33-37-53)59(29-24-18-15-12-9-6-3)55-40-45-57(62)46-41-55/h30-41,43-46,48-49,58-60H,4-29,42,47,61-62H2,1-3H3. The van der Waals surface area contributed by atoms with Gasteiger partial charge in [0.15, 0.2) is 0 Å². The number of hydrogen-bond acceptors (Lipinski definition) is 2. The first-order chi connectivity index (χ1) is 30.5. The molecule has 1 fully saturated rings. The maximum atomic E-state index is 6.19.